The molecule has 0 spiro atoms. The smallest absolute Gasteiger partial charge is 0.118 e. The second-order valence-corrected chi connectivity index (χ2v) is 3.31. The molecule has 0 aliphatic rings. The highest BCUT2D eigenvalue weighted by Crippen LogP contribution is 2.13. The lowest BCUT2D eigenvalue weighted by Gasteiger charge is -2.14. The minimum Gasteiger partial charge on any atom is -0.497 e. The molecular weight excluding hydrogens is 192 g/mol. The molecule has 0 saturated carbocycles. The minimum absolute atomic E-state index is 0.0554. The number of hydrogen-bond acceptors (Lipinski definition) is 3. The molecule has 1 rings (SSSR count). The molecule has 15 heavy (non-hydrogen) atoms. The first-order valence-electron chi connectivity index (χ1n) is 5.15. The summed E-state index contributed by atoms with van der Waals surface area (Å²) < 4.78 is 10.4. The van der Waals surface area contributed by atoms with Crippen LogP contribution in [0, 0.1) is 0 Å². The van der Waals surface area contributed by atoms with Crippen LogP contribution in [0.2, 0.25) is 0 Å². The van der Waals surface area contributed by atoms with Crippen LogP contribution >= 0.6 is 0 Å². The average Bonchev–Trinajstić information content (AvgIpc) is 2.29. The zero-order valence-corrected chi connectivity index (χ0v) is 9.27. The maximum Gasteiger partial charge on any atom is 0.118 e. The summed E-state index contributed by atoms with van der Waals surface area (Å²) in [7, 11) is 1.64. The molecule has 0 bridgehead atoms. The zero-order chi connectivity index (χ0) is 11.1. The number of hydrogen-bond donors (Lipinski definition) is 1. The topological polar surface area (TPSA) is 38.7 Å². The van der Waals surface area contributed by atoms with Crippen molar-refractivity contribution in [2.75, 3.05) is 20.3 Å². The predicted molar refractivity (Wildman–Crippen MR) is 59.2 cm³/mol. The van der Waals surface area contributed by atoms with E-state index in [4.69, 9.17) is 14.6 Å². The summed E-state index contributed by atoms with van der Waals surface area (Å²) in [4.78, 5) is 0. The van der Waals surface area contributed by atoms with Gasteiger partial charge in [0, 0.05) is 13.0 Å². The van der Waals surface area contributed by atoms with Gasteiger partial charge in [0.05, 0.1) is 19.8 Å². The van der Waals surface area contributed by atoms with E-state index in [0.717, 1.165) is 17.7 Å². The Balaban J connectivity index is 2.55. The van der Waals surface area contributed by atoms with Crippen LogP contribution in [0.1, 0.15) is 12.5 Å². The van der Waals surface area contributed by atoms with Gasteiger partial charge in [-0.05, 0) is 24.6 Å². The van der Waals surface area contributed by atoms with E-state index >= 15 is 0 Å². The lowest BCUT2D eigenvalue weighted by Crippen LogP contribution is -2.20. The second-order valence-electron chi connectivity index (χ2n) is 3.31. The van der Waals surface area contributed by atoms with Crippen LogP contribution in [-0.4, -0.2) is 31.5 Å². The Morgan fingerprint density at radius 2 is 1.93 bits per heavy atom. The SMILES string of the molecule is CCOC(CO)Cc1ccc(OC)cc1. The van der Waals surface area contributed by atoms with Gasteiger partial charge in [0.2, 0.25) is 0 Å². The number of ether oxygens (including phenoxy) is 2. The molecule has 0 fully saturated rings. The Hall–Kier alpha value is -1.06. The Morgan fingerprint density at radius 1 is 1.27 bits per heavy atom. The van der Waals surface area contributed by atoms with Gasteiger partial charge in [-0.1, -0.05) is 12.1 Å². The molecule has 1 atom stereocenters. The molecule has 0 aliphatic carbocycles. The summed E-state index contributed by atoms with van der Waals surface area (Å²) in [6.07, 6.45) is 0.623. The number of methoxy groups -OCH3 is 1. The fourth-order valence-corrected chi connectivity index (χ4v) is 1.44. The van der Waals surface area contributed by atoms with Crippen LogP contribution in [0.4, 0.5) is 0 Å². The van der Waals surface area contributed by atoms with Gasteiger partial charge < -0.3 is 14.6 Å². The van der Waals surface area contributed by atoms with E-state index in [1.807, 2.05) is 31.2 Å². The van der Waals surface area contributed by atoms with E-state index in [-0.39, 0.29) is 12.7 Å². The van der Waals surface area contributed by atoms with Crippen LogP contribution < -0.4 is 4.74 Å². The number of benzene rings is 1. The van der Waals surface area contributed by atoms with Crippen LogP contribution in [0.3, 0.4) is 0 Å². The molecule has 84 valence electrons. The van der Waals surface area contributed by atoms with Crippen LogP contribution in [0.15, 0.2) is 24.3 Å². The van der Waals surface area contributed by atoms with Gasteiger partial charge in [-0.25, -0.2) is 0 Å². The molecule has 0 aliphatic heterocycles. The van der Waals surface area contributed by atoms with Crippen molar-refractivity contribution in [3.63, 3.8) is 0 Å². The van der Waals surface area contributed by atoms with Crippen LogP contribution in [-0.2, 0) is 11.2 Å². The fourth-order valence-electron chi connectivity index (χ4n) is 1.44. The third kappa shape index (κ3) is 3.90. The molecule has 0 radical (unpaired) electrons. The minimum atomic E-state index is -0.108. The summed E-state index contributed by atoms with van der Waals surface area (Å²) in [6.45, 7) is 2.61. The van der Waals surface area contributed by atoms with E-state index in [1.165, 1.54) is 0 Å². The maximum absolute atomic E-state index is 9.07. The third-order valence-corrected chi connectivity index (χ3v) is 2.23. The first-order chi connectivity index (χ1) is 7.30. The van der Waals surface area contributed by atoms with Gasteiger partial charge in [-0.3, -0.25) is 0 Å². The van der Waals surface area contributed by atoms with Crippen molar-refractivity contribution in [1.82, 2.24) is 0 Å². The van der Waals surface area contributed by atoms with E-state index < -0.39 is 0 Å². The molecule has 3 heteroatoms. The molecule has 1 aromatic rings. The van der Waals surface area contributed by atoms with Gasteiger partial charge in [0.15, 0.2) is 0 Å². The number of aliphatic hydroxyl groups excluding tert-OH is 1. The monoisotopic (exact) mass is 210 g/mol. The summed E-state index contributed by atoms with van der Waals surface area (Å²) >= 11 is 0. The lowest BCUT2D eigenvalue weighted by atomic mass is 10.1. The Morgan fingerprint density at radius 3 is 2.40 bits per heavy atom. The van der Waals surface area contributed by atoms with Gasteiger partial charge in [0.25, 0.3) is 0 Å². The third-order valence-electron chi connectivity index (χ3n) is 2.23. The molecule has 1 N–H and O–H groups in total. The first kappa shape index (κ1) is 12.0. The van der Waals surface area contributed by atoms with Gasteiger partial charge >= 0.3 is 0 Å². The molecule has 0 aromatic heterocycles. The standard InChI is InChI=1S/C12H18O3/c1-3-15-12(9-13)8-10-4-6-11(14-2)7-5-10/h4-7,12-13H,3,8-9H2,1-2H3. The fraction of sp³-hybridized carbons (Fsp3) is 0.500. The zero-order valence-electron chi connectivity index (χ0n) is 9.27. The van der Waals surface area contributed by atoms with E-state index in [9.17, 15) is 0 Å². The van der Waals surface area contributed by atoms with Crippen molar-refractivity contribution in [2.24, 2.45) is 0 Å². The van der Waals surface area contributed by atoms with Crippen molar-refractivity contribution >= 4 is 0 Å². The normalized spacial score (nSPS) is 12.5. The highest BCUT2D eigenvalue weighted by Gasteiger charge is 2.07. The summed E-state index contributed by atoms with van der Waals surface area (Å²) in [5.41, 5.74) is 1.14. The molecule has 0 heterocycles. The lowest BCUT2D eigenvalue weighted by molar-refractivity contribution is 0.0207. The van der Waals surface area contributed by atoms with Crippen molar-refractivity contribution < 1.29 is 14.6 Å². The second kappa shape index (κ2) is 6.43. The van der Waals surface area contributed by atoms with Crippen molar-refractivity contribution in [3.8, 4) is 5.75 Å². The number of aliphatic hydroxyl groups is 1. The molecule has 0 saturated heterocycles. The van der Waals surface area contributed by atoms with Gasteiger partial charge in [0.1, 0.15) is 5.75 Å². The first-order valence-corrected chi connectivity index (χ1v) is 5.15. The summed E-state index contributed by atoms with van der Waals surface area (Å²) in [5.74, 6) is 0.843. The van der Waals surface area contributed by atoms with Crippen molar-refractivity contribution in [1.29, 1.82) is 0 Å². The highest BCUT2D eigenvalue weighted by molar-refractivity contribution is 5.27. The van der Waals surface area contributed by atoms with Gasteiger partial charge in [-0.15, -0.1) is 0 Å². The molecule has 3 nitrogen and oxygen atoms in total. The number of rotatable bonds is 6. The van der Waals surface area contributed by atoms with E-state index in [0.29, 0.717) is 6.61 Å². The summed E-state index contributed by atoms with van der Waals surface area (Å²) in [5, 5.41) is 9.07. The van der Waals surface area contributed by atoms with E-state index in [2.05, 4.69) is 0 Å². The molecular formula is C12H18O3. The predicted octanol–water partition coefficient (Wildman–Crippen LogP) is 1.64. The average molecular weight is 210 g/mol. The van der Waals surface area contributed by atoms with Crippen LogP contribution in [0.25, 0.3) is 0 Å². The Kier molecular flexibility index (Phi) is 5.15. The van der Waals surface area contributed by atoms with Crippen molar-refractivity contribution in [2.45, 2.75) is 19.4 Å². The Labute approximate surface area is 90.6 Å². The van der Waals surface area contributed by atoms with E-state index in [1.54, 1.807) is 7.11 Å². The van der Waals surface area contributed by atoms with Gasteiger partial charge in [-0.2, -0.15) is 0 Å². The highest BCUT2D eigenvalue weighted by atomic mass is 16.5. The van der Waals surface area contributed by atoms with Crippen LogP contribution in [0.5, 0.6) is 5.75 Å². The summed E-state index contributed by atoms with van der Waals surface area (Å²) in [6, 6.07) is 7.80. The molecule has 1 aromatic carbocycles. The quantitative estimate of drug-likeness (QED) is 0.775. The maximum atomic E-state index is 9.07. The largest absolute Gasteiger partial charge is 0.497 e. The Bertz CT molecular complexity index is 269. The molecule has 0 amide bonds. The van der Waals surface area contributed by atoms with Crippen molar-refractivity contribution in [3.05, 3.63) is 29.8 Å². The molecule has 1 unspecified atom stereocenters.